The van der Waals surface area contributed by atoms with E-state index in [1.165, 1.54) is 10.9 Å². The number of amides is 1. The number of carbonyl (C=O) groups is 1. The first kappa shape index (κ1) is 24.3. The van der Waals surface area contributed by atoms with Gasteiger partial charge in [-0.2, -0.15) is 5.10 Å². The Morgan fingerprint density at radius 3 is 2.74 bits per heavy atom. The maximum atomic E-state index is 13.8. The molecule has 2 aromatic rings. The third-order valence-corrected chi connectivity index (χ3v) is 6.21. The minimum absolute atomic E-state index is 0.161. The zero-order valence-electron chi connectivity index (χ0n) is 18.7. The van der Waals surface area contributed by atoms with Crippen LogP contribution in [0.2, 0.25) is 0 Å². The van der Waals surface area contributed by atoms with Crippen LogP contribution in [0.25, 0.3) is 0 Å². The minimum atomic E-state index is -2.62. The molecule has 2 atom stereocenters. The van der Waals surface area contributed by atoms with E-state index >= 15 is 0 Å². The number of hydrogen-bond donors (Lipinski definition) is 4. The lowest BCUT2D eigenvalue weighted by Crippen LogP contribution is -2.47. The van der Waals surface area contributed by atoms with E-state index in [1.54, 1.807) is 0 Å². The standard InChI is InChI=1S/C22H29F2N7O2S/c23-19(24)18-13-17(15-5-2-1-3-6-15)27-20-16(14-26-31(18)20)21(32)28-29-22(34)25-7-4-8-30-9-11-33-12-10-30/h1-3,5-6,14,17-19,27H,4,7-13H2,(H,28,32)(H2,25,29,34)/t17-,18+/m0/s1. The van der Waals surface area contributed by atoms with Gasteiger partial charge in [0.1, 0.15) is 17.4 Å². The van der Waals surface area contributed by atoms with Crippen molar-refractivity contribution in [1.82, 2.24) is 30.8 Å². The van der Waals surface area contributed by atoms with E-state index in [4.69, 9.17) is 17.0 Å². The number of aromatic nitrogens is 2. The number of rotatable bonds is 7. The van der Waals surface area contributed by atoms with Gasteiger partial charge in [-0.1, -0.05) is 30.3 Å². The number of anilines is 1. The Labute approximate surface area is 202 Å². The van der Waals surface area contributed by atoms with Crippen LogP contribution in [0.1, 0.15) is 40.8 Å². The summed E-state index contributed by atoms with van der Waals surface area (Å²) in [5.41, 5.74) is 6.22. The summed E-state index contributed by atoms with van der Waals surface area (Å²) in [5.74, 6) is -0.262. The lowest BCUT2D eigenvalue weighted by Gasteiger charge is -2.32. The highest BCUT2D eigenvalue weighted by Crippen LogP contribution is 2.39. The van der Waals surface area contributed by atoms with Crippen molar-refractivity contribution in [2.75, 3.05) is 44.7 Å². The van der Waals surface area contributed by atoms with Crippen molar-refractivity contribution in [1.29, 1.82) is 0 Å². The smallest absolute Gasteiger partial charge is 0.275 e. The van der Waals surface area contributed by atoms with Gasteiger partial charge in [0.15, 0.2) is 5.11 Å². The predicted molar refractivity (Wildman–Crippen MR) is 128 cm³/mol. The van der Waals surface area contributed by atoms with E-state index < -0.39 is 18.4 Å². The number of benzene rings is 1. The van der Waals surface area contributed by atoms with Crippen LogP contribution >= 0.6 is 12.2 Å². The Bertz CT molecular complexity index is 969. The van der Waals surface area contributed by atoms with Crippen LogP contribution in [0.5, 0.6) is 0 Å². The van der Waals surface area contributed by atoms with Gasteiger partial charge in [0.25, 0.3) is 12.3 Å². The van der Waals surface area contributed by atoms with E-state index in [1.807, 2.05) is 30.3 Å². The Morgan fingerprint density at radius 2 is 2.00 bits per heavy atom. The second kappa shape index (κ2) is 11.5. The minimum Gasteiger partial charge on any atom is -0.379 e. The lowest BCUT2D eigenvalue weighted by atomic mass is 9.97. The van der Waals surface area contributed by atoms with Crippen LogP contribution in [0.15, 0.2) is 36.5 Å². The number of carbonyl (C=O) groups excluding carboxylic acids is 1. The number of nitrogens with one attached hydrogen (secondary N) is 4. The molecule has 4 rings (SSSR count). The fourth-order valence-electron chi connectivity index (χ4n) is 4.16. The second-order valence-corrected chi connectivity index (χ2v) is 8.65. The molecule has 1 aromatic heterocycles. The van der Waals surface area contributed by atoms with E-state index in [9.17, 15) is 13.6 Å². The first-order valence-electron chi connectivity index (χ1n) is 11.3. The fraction of sp³-hybridized carbons (Fsp3) is 0.500. The second-order valence-electron chi connectivity index (χ2n) is 8.24. The molecule has 0 bridgehead atoms. The molecule has 184 valence electrons. The third-order valence-electron chi connectivity index (χ3n) is 5.97. The van der Waals surface area contributed by atoms with Crippen LogP contribution in [-0.2, 0) is 4.74 Å². The molecule has 2 aliphatic heterocycles. The van der Waals surface area contributed by atoms with Gasteiger partial charge in [0.05, 0.1) is 25.5 Å². The van der Waals surface area contributed by atoms with Crippen molar-refractivity contribution in [3.8, 4) is 0 Å². The molecule has 0 spiro atoms. The average Bonchev–Trinajstić information content (AvgIpc) is 3.30. The quantitative estimate of drug-likeness (QED) is 0.265. The number of alkyl halides is 2. The lowest BCUT2D eigenvalue weighted by molar-refractivity contribution is 0.0376. The summed E-state index contributed by atoms with van der Waals surface area (Å²) in [4.78, 5) is 15.1. The Hall–Kier alpha value is -2.83. The highest BCUT2D eigenvalue weighted by Gasteiger charge is 2.36. The topological polar surface area (TPSA) is 95.5 Å². The number of nitrogens with zero attached hydrogens (tertiary/aromatic N) is 3. The van der Waals surface area contributed by atoms with Gasteiger partial charge in [-0.15, -0.1) is 0 Å². The van der Waals surface area contributed by atoms with Crippen LogP contribution in [0.3, 0.4) is 0 Å². The maximum Gasteiger partial charge on any atom is 0.275 e. The van der Waals surface area contributed by atoms with Crippen LogP contribution in [0.4, 0.5) is 14.6 Å². The van der Waals surface area contributed by atoms with Crippen LogP contribution < -0.4 is 21.5 Å². The molecule has 0 aliphatic carbocycles. The van der Waals surface area contributed by atoms with Gasteiger partial charge < -0.3 is 15.4 Å². The number of hydrazine groups is 1. The molecule has 4 N–H and O–H groups in total. The summed E-state index contributed by atoms with van der Waals surface area (Å²) in [6.45, 7) is 4.97. The van der Waals surface area contributed by atoms with Crippen LogP contribution in [0, 0.1) is 0 Å². The molecule has 9 nitrogen and oxygen atoms in total. The van der Waals surface area contributed by atoms with Crippen LogP contribution in [-0.4, -0.2) is 71.5 Å². The first-order valence-corrected chi connectivity index (χ1v) is 11.7. The SMILES string of the molecule is O=C(NNC(=S)NCCCN1CCOCC1)c1cnn2c1N[C@H](c1ccccc1)C[C@@H]2C(F)F. The molecule has 1 amide bonds. The molecule has 0 unspecified atom stereocenters. The van der Waals surface area contributed by atoms with Crippen molar-refractivity contribution in [3.63, 3.8) is 0 Å². The highest BCUT2D eigenvalue weighted by atomic mass is 32.1. The van der Waals surface area contributed by atoms with E-state index in [0.29, 0.717) is 6.54 Å². The average molecular weight is 494 g/mol. The van der Waals surface area contributed by atoms with Gasteiger partial charge in [-0.25, -0.2) is 13.5 Å². The fourth-order valence-corrected chi connectivity index (χ4v) is 4.31. The largest absolute Gasteiger partial charge is 0.379 e. The van der Waals surface area contributed by atoms with Gasteiger partial charge in [-0.05, 0) is 37.2 Å². The Morgan fingerprint density at radius 1 is 1.24 bits per heavy atom. The first-order chi connectivity index (χ1) is 16.5. The molecule has 0 radical (unpaired) electrons. The van der Waals surface area contributed by atoms with Crippen molar-refractivity contribution in [2.45, 2.75) is 31.4 Å². The number of ether oxygens (including phenoxy) is 1. The number of thiocarbonyl (C=S) groups is 1. The Kier molecular flexibility index (Phi) is 8.25. The molecular formula is C22H29F2N7O2S. The summed E-state index contributed by atoms with van der Waals surface area (Å²) in [7, 11) is 0. The molecule has 1 fully saturated rings. The number of halogens is 2. The zero-order chi connectivity index (χ0) is 23.9. The predicted octanol–water partition coefficient (Wildman–Crippen LogP) is 2.08. The van der Waals surface area contributed by atoms with Crippen molar-refractivity contribution < 1.29 is 18.3 Å². The summed E-state index contributed by atoms with van der Waals surface area (Å²) >= 11 is 5.22. The molecule has 34 heavy (non-hydrogen) atoms. The van der Waals surface area contributed by atoms with Crippen molar-refractivity contribution in [3.05, 3.63) is 47.7 Å². The molecule has 3 heterocycles. The highest BCUT2D eigenvalue weighted by molar-refractivity contribution is 7.80. The van der Waals surface area contributed by atoms with Gasteiger partial charge in [-0.3, -0.25) is 20.5 Å². The van der Waals surface area contributed by atoms with Crippen molar-refractivity contribution >= 4 is 29.1 Å². The van der Waals surface area contributed by atoms with E-state index in [0.717, 1.165) is 44.8 Å². The molecule has 0 saturated carbocycles. The summed E-state index contributed by atoms with van der Waals surface area (Å²) < 4.78 is 34.1. The molecule has 12 heteroatoms. The maximum absolute atomic E-state index is 13.8. The number of morpholine rings is 1. The van der Waals surface area contributed by atoms with E-state index in [-0.39, 0.29) is 29.0 Å². The van der Waals surface area contributed by atoms with Gasteiger partial charge in [0, 0.05) is 19.6 Å². The third kappa shape index (κ3) is 5.99. The molecule has 2 aliphatic rings. The van der Waals surface area contributed by atoms with Gasteiger partial charge in [0.2, 0.25) is 0 Å². The van der Waals surface area contributed by atoms with Crippen molar-refractivity contribution in [2.24, 2.45) is 0 Å². The Balaban J connectivity index is 1.31. The monoisotopic (exact) mass is 493 g/mol. The number of hydrogen-bond acceptors (Lipinski definition) is 6. The normalized spacial score (nSPS) is 20.3. The van der Waals surface area contributed by atoms with Gasteiger partial charge >= 0.3 is 0 Å². The summed E-state index contributed by atoms with van der Waals surface area (Å²) in [6.07, 6.45) is -0.267. The molecule has 1 aromatic carbocycles. The summed E-state index contributed by atoms with van der Waals surface area (Å²) in [6, 6.07) is 7.82. The number of fused-ring (bicyclic) bond motifs is 1. The van der Waals surface area contributed by atoms with E-state index in [2.05, 4.69) is 31.5 Å². The zero-order valence-corrected chi connectivity index (χ0v) is 19.5. The molecular weight excluding hydrogens is 464 g/mol. The molecule has 1 saturated heterocycles. The summed E-state index contributed by atoms with van der Waals surface area (Å²) in [5, 5.41) is 10.6.